The molecule has 0 radical (unpaired) electrons. The fourth-order valence-electron chi connectivity index (χ4n) is 3.16. The van der Waals surface area contributed by atoms with Crippen molar-refractivity contribution < 1.29 is 13.6 Å². The molecule has 1 fully saturated rings. The van der Waals surface area contributed by atoms with Crippen LogP contribution in [0.3, 0.4) is 0 Å². The van der Waals surface area contributed by atoms with Crippen molar-refractivity contribution in [3.8, 4) is 11.3 Å². The Morgan fingerprint density at radius 3 is 2.59 bits per heavy atom. The number of halogens is 1. The van der Waals surface area contributed by atoms with E-state index in [2.05, 4.69) is 4.98 Å². The Morgan fingerprint density at radius 2 is 1.85 bits per heavy atom. The number of carbonyl (C=O) groups excluding carboxylic acids is 1. The molecule has 1 aliphatic rings. The molecule has 0 bridgehead atoms. The first-order valence-electron chi connectivity index (χ1n) is 9.24. The van der Waals surface area contributed by atoms with Gasteiger partial charge in [-0.05, 0) is 30.5 Å². The number of hydrogen-bond acceptors (Lipinski definition) is 3. The quantitative estimate of drug-likeness (QED) is 0.615. The van der Waals surface area contributed by atoms with Crippen LogP contribution in [0.15, 0.2) is 65.2 Å². The van der Waals surface area contributed by atoms with Crippen LogP contribution in [0.1, 0.15) is 30.7 Å². The second kappa shape index (κ2) is 7.74. The van der Waals surface area contributed by atoms with E-state index >= 15 is 0 Å². The van der Waals surface area contributed by atoms with Crippen LogP contribution in [-0.4, -0.2) is 21.8 Å². The number of nitrogens with zero attached hydrogens (tertiary/aromatic N) is 2. The van der Waals surface area contributed by atoms with Crippen molar-refractivity contribution in [2.75, 3.05) is 0 Å². The van der Waals surface area contributed by atoms with Crippen LogP contribution in [-0.2, 0) is 17.8 Å². The van der Waals surface area contributed by atoms with Gasteiger partial charge < -0.3 is 9.32 Å². The fraction of sp³-hybridized carbons (Fsp3) is 0.273. The molecule has 1 saturated carbocycles. The maximum absolute atomic E-state index is 13.9. The standard InChI is InChI=1S/C22H21FN2O2/c23-19-9-5-4-8-18(19)20-14-24-21(27-20)12-13-22(26)25(17-10-11-17)15-16-6-2-1-3-7-16/h1-9,14,17H,10-13,15H2. The average Bonchev–Trinajstić information content (AvgIpc) is 3.43. The van der Waals surface area contributed by atoms with E-state index in [0.29, 0.717) is 42.6 Å². The van der Waals surface area contributed by atoms with Crippen molar-refractivity contribution in [1.29, 1.82) is 0 Å². The zero-order valence-corrected chi connectivity index (χ0v) is 15.0. The summed E-state index contributed by atoms with van der Waals surface area (Å²) in [5, 5.41) is 0. The van der Waals surface area contributed by atoms with E-state index in [0.717, 1.165) is 18.4 Å². The fourth-order valence-corrected chi connectivity index (χ4v) is 3.16. The van der Waals surface area contributed by atoms with Crippen molar-refractivity contribution in [1.82, 2.24) is 9.88 Å². The van der Waals surface area contributed by atoms with E-state index in [1.165, 1.54) is 12.3 Å². The van der Waals surface area contributed by atoms with Crippen molar-refractivity contribution >= 4 is 5.91 Å². The second-order valence-electron chi connectivity index (χ2n) is 6.84. The highest BCUT2D eigenvalue weighted by Crippen LogP contribution is 2.29. The lowest BCUT2D eigenvalue weighted by atomic mass is 10.2. The maximum Gasteiger partial charge on any atom is 0.223 e. The van der Waals surface area contributed by atoms with Gasteiger partial charge in [-0.25, -0.2) is 9.37 Å². The van der Waals surface area contributed by atoms with E-state index in [1.54, 1.807) is 18.2 Å². The van der Waals surface area contributed by atoms with Gasteiger partial charge in [0.25, 0.3) is 0 Å². The van der Waals surface area contributed by atoms with Crippen molar-refractivity contribution in [2.45, 2.75) is 38.3 Å². The molecular weight excluding hydrogens is 343 g/mol. The molecule has 0 atom stereocenters. The first kappa shape index (κ1) is 17.5. The Morgan fingerprint density at radius 1 is 1.11 bits per heavy atom. The lowest BCUT2D eigenvalue weighted by Gasteiger charge is -2.22. The van der Waals surface area contributed by atoms with Crippen LogP contribution < -0.4 is 0 Å². The summed E-state index contributed by atoms with van der Waals surface area (Å²) in [7, 11) is 0. The van der Waals surface area contributed by atoms with Crippen molar-refractivity contribution in [3.63, 3.8) is 0 Å². The minimum atomic E-state index is -0.348. The molecule has 2 aromatic carbocycles. The molecule has 138 valence electrons. The van der Waals surface area contributed by atoms with Crippen LogP contribution in [0, 0.1) is 5.82 Å². The minimum Gasteiger partial charge on any atom is -0.441 e. The third kappa shape index (κ3) is 4.25. The lowest BCUT2D eigenvalue weighted by molar-refractivity contribution is -0.132. The van der Waals surface area contributed by atoms with E-state index < -0.39 is 0 Å². The molecule has 5 heteroatoms. The predicted octanol–water partition coefficient (Wildman–Crippen LogP) is 4.60. The SMILES string of the molecule is O=C(CCc1ncc(-c2ccccc2F)o1)N(Cc1ccccc1)C1CC1. The third-order valence-electron chi connectivity index (χ3n) is 4.75. The van der Waals surface area contributed by atoms with E-state index in [1.807, 2.05) is 35.2 Å². The number of carbonyl (C=O) groups is 1. The summed E-state index contributed by atoms with van der Waals surface area (Å²) in [6.07, 6.45) is 4.39. The molecule has 0 spiro atoms. The highest BCUT2D eigenvalue weighted by Gasteiger charge is 2.32. The zero-order valence-electron chi connectivity index (χ0n) is 15.0. The van der Waals surface area contributed by atoms with E-state index in [9.17, 15) is 9.18 Å². The van der Waals surface area contributed by atoms with Gasteiger partial charge in [-0.15, -0.1) is 0 Å². The van der Waals surface area contributed by atoms with Crippen LogP contribution >= 0.6 is 0 Å². The van der Waals surface area contributed by atoms with Gasteiger partial charge in [-0.2, -0.15) is 0 Å². The molecule has 1 aromatic heterocycles. The summed E-state index contributed by atoms with van der Waals surface area (Å²) in [5.74, 6) is 0.599. The first-order valence-corrected chi connectivity index (χ1v) is 9.24. The van der Waals surface area contributed by atoms with Crippen LogP contribution in [0.5, 0.6) is 0 Å². The molecule has 4 rings (SSSR count). The molecule has 1 aliphatic carbocycles. The van der Waals surface area contributed by atoms with Gasteiger partial charge in [0.1, 0.15) is 5.82 Å². The van der Waals surface area contributed by atoms with E-state index in [-0.39, 0.29) is 11.7 Å². The zero-order chi connectivity index (χ0) is 18.6. The topological polar surface area (TPSA) is 46.3 Å². The molecule has 0 unspecified atom stereocenters. The van der Waals surface area contributed by atoms with Gasteiger partial charge in [-0.3, -0.25) is 4.79 Å². The largest absolute Gasteiger partial charge is 0.441 e. The summed E-state index contributed by atoms with van der Waals surface area (Å²) in [6, 6.07) is 16.8. The summed E-state index contributed by atoms with van der Waals surface area (Å²) in [6.45, 7) is 0.635. The van der Waals surface area contributed by atoms with E-state index in [4.69, 9.17) is 4.42 Å². The molecule has 3 aromatic rings. The molecule has 0 aliphatic heterocycles. The molecule has 1 heterocycles. The monoisotopic (exact) mass is 364 g/mol. The molecule has 0 N–H and O–H groups in total. The van der Waals surface area contributed by atoms with Gasteiger partial charge in [0, 0.05) is 25.4 Å². The van der Waals surface area contributed by atoms with Crippen LogP contribution in [0.25, 0.3) is 11.3 Å². The molecule has 0 saturated heterocycles. The number of benzene rings is 2. The first-order chi connectivity index (χ1) is 13.2. The lowest BCUT2D eigenvalue weighted by Crippen LogP contribution is -2.32. The van der Waals surface area contributed by atoms with Gasteiger partial charge in [0.15, 0.2) is 11.7 Å². The number of aryl methyl sites for hydroxylation is 1. The molecule has 4 nitrogen and oxygen atoms in total. The highest BCUT2D eigenvalue weighted by atomic mass is 19.1. The van der Waals surface area contributed by atoms with Crippen molar-refractivity contribution in [3.05, 3.63) is 78.1 Å². The predicted molar refractivity (Wildman–Crippen MR) is 100 cm³/mol. The molecular formula is C22H21FN2O2. The van der Waals surface area contributed by atoms with Crippen molar-refractivity contribution in [2.24, 2.45) is 0 Å². The third-order valence-corrected chi connectivity index (χ3v) is 4.75. The minimum absolute atomic E-state index is 0.104. The summed E-state index contributed by atoms with van der Waals surface area (Å²) in [4.78, 5) is 18.9. The Bertz CT molecular complexity index is 919. The normalized spacial score (nSPS) is 13.5. The Balaban J connectivity index is 1.39. The molecule has 1 amide bonds. The smallest absolute Gasteiger partial charge is 0.223 e. The number of rotatable bonds is 7. The Labute approximate surface area is 157 Å². The van der Waals surface area contributed by atoms with Gasteiger partial charge in [0.05, 0.1) is 11.8 Å². The second-order valence-corrected chi connectivity index (χ2v) is 6.84. The number of amides is 1. The molecule has 27 heavy (non-hydrogen) atoms. The average molecular weight is 364 g/mol. The number of aromatic nitrogens is 1. The van der Waals surface area contributed by atoms with Gasteiger partial charge in [0.2, 0.25) is 5.91 Å². The van der Waals surface area contributed by atoms with Gasteiger partial charge in [-0.1, -0.05) is 42.5 Å². The van der Waals surface area contributed by atoms with Gasteiger partial charge >= 0.3 is 0 Å². The summed E-state index contributed by atoms with van der Waals surface area (Å²) in [5.41, 5.74) is 1.52. The number of oxazole rings is 1. The summed E-state index contributed by atoms with van der Waals surface area (Å²) < 4.78 is 19.5. The Kier molecular flexibility index (Phi) is 5.01. The maximum atomic E-state index is 13.9. The van der Waals surface area contributed by atoms with Crippen LogP contribution in [0.4, 0.5) is 4.39 Å². The highest BCUT2D eigenvalue weighted by molar-refractivity contribution is 5.77. The summed E-state index contributed by atoms with van der Waals surface area (Å²) >= 11 is 0. The van der Waals surface area contributed by atoms with Crippen LogP contribution in [0.2, 0.25) is 0 Å². The number of hydrogen-bond donors (Lipinski definition) is 0. The Hall–Kier alpha value is -2.95.